The highest BCUT2D eigenvalue weighted by molar-refractivity contribution is 5.90. The molecule has 0 radical (unpaired) electrons. The van der Waals surface area contributed by atoms with E-state index in [9.17, 15) is 4.79 Å². The van der Waals surface area contributed by atoms with Crippen LogP contribution in [-0.2, 0) is 4.79 Å². The normalized spacial score (nSPS) is 9.88. The van der Waals surface area contributed by atoms with E-state index in [0.29, 0.717) is 6.54 Å². The van der Waals surface area contributed by atoms with E-state index in [2.05, 4.69) is 32.4 Å². The molecule has 1 rings (SSSR count). The van der Waals surface area contributed by atoms with Crippen molar-refractivity contribution in [2.45, 2.75) is 13.8 Å². The van der Waals surface area contributed by atoms with Crippen LogP contribution in [0.1, 0.15) is 11.4 Å². The number of carbonyl (C=O) groups excluding carboxylic acids is 1. The molecule has 0 aliphatic rings. The van der Waals surface area contributed by atoms with Crippen LogP contribution in [0.25, 0.3) is 0 Å². The Morgan fingerprint density at radius 1 is 1.38 bits per heavy atom. The number of amides is 1. The van der Waals surface area contributed by atoms with Gasteiger partial charge in [0.15, 0.2) is 0 Å². The lowest BCUT2D eigenvalue weighted by molar-refractivity contribution is -0.115. The Hall–Kier alpha value is -1.82. The van der Waals surface area contributed by atoms with Gasteiger partial charge in [-0.05, 0) is 13.8 Å². The molecule has 0 saturated heterocycles. The number of hydrogen-bond donors (Lipinski definition) is 2. The van der Waals surface area contributed by atoms with E-state index in [4.69, 9.17) is 0 Å². The molecule has 6 nitrogen and oxygen atoms in total. The molecule has 0 bridgehead atoms. The zero-order valence-corrected chi connectivity index (χ0v) is 9.45. The average Bonchev–Trinajstić information content (AvgIpc) is 2.24. The van der Waals surface area contributed by atoms with Crippen LogP contribution in [0.5, 0.6) is 0 Å². The van der Waals surface area contributed by atoms with Crippen LogP contribution in [0, 0.1) is 13.8 Å². The van der Waals surface area contributed by atoms with Gasteiger partial charge in [0.2, 0.25) is 11.9 Å². The summed E-state index contributed by atoms with van der Waals surface area (Å²) in [6, 6.07) is 0. The van der Waals surface area contributed by atoms with Gasteiger partial charge in [-0.25, -0.2) is 4.98 Å². The molecule has 0 aromatic carbocycles. The van der Waals surface area contributed by atoms with Gasteiger partial charge in [-0.3, -0.25) is 10.1 Å². The summed E-state index contributed by atoms with van der Waals surface area (Å²) in [6.45, 7) is 7.94. The molecule has 0 atom stereocenters. The predicted molar refractivity (Wildman–Crippen MR) is 61.0 cm³/mol. The fourth-order valence-electron chi connectivity index (χ4n) is 0.966. The van der Waals surface area contributed by atoms with E-state index < -0.39 is 0 Å². The number of aromatic nitrogens is 3. The molecule has 0 aliphatic heterocycles. The van der Waals surface area contributed by atoms with Gasteiger partial charge in [0.05, 0.1) is 17.9 Å². The summed E-state index contributed by atoms with van der Waals surface area (Å²) in [4.78, 5) is 15.5. The van der Waals surface area contributed by atoms with Crippen LogP contribution in [0.15, 0.2) is 12.7 Å². The van der Waals surface area contributed by atoms with Crippen LogP contribution in [0.2, 0.25) is 0 Å². The summed E-state index contributed by atoms with van der Waals surface area (Å²) < 4.78 is 0. The van der Waals surface area contributed by atoms with Gasteiger partial charge in [-0.2, -0.15) is 5.10 Å². The zero-order chi connectivity index (χ0) is 12.0. The average molecular weight is 221 g/mol. The number of aryl methyl sites for hydroxylation is 2. The second kappa shape index (κ2) is 5.92. The number of nitrogens with zero attached hydrogens (tertiary/aromatic N) is 3. The van der Waals surface area contributed by atoms with Gasteiger partial charge < -0.3 is 5.32 Å². The Bertz CT molecular complexity index is 391. The highest BCUT2D eigenvalue weighted by Crippen LogP contribution is 2.01. The summed E-state index contributed by atoms with van der Waals surface area (Å²) in [5.41, 5.74) is 1.51. The predicted octanol–water partition coefficient (Wildman–Crippen LogP) is 0.203. The standard InChI is InChI=1S/C10H15N5O/c1-4-5-11-6-9(16)13-10-12-7(2)8(3)14-15-10/h4,11H,1,5-6H2,2-3H3,(H,12,13,15,16). The number of nitrogens with one attached hydrogen (secondary N) is 2. The van der Waals surface area contributed by atoms with Crippen molar-refractivity contribution in [3.63, 3.8) is 0 Å². The molecule has 0 saturated carbocycles. The van der Waals surface area contributed by atoms with Gasteiger partial charge in [0.1, 0.15) is 0 Å². The largest absolute Gasteiger partial charge is 0.305 e. The summed E-state index contributed by atoms with van der Waals surface area (Å²) in [6.07, 6.45) is 1.68. The molecule has 0 aliphatic carbocycles. The molecule has 1 aromatic rings. The number of carbonyl (C=O) groups is 1. The number of hydrogen-bond acceptors (Lipinski definition) is 5. The number of rotatable bonds is 5. The highest BCUT2D eigenvalue weighted by Gasteiger charge is 2.05. The van der Waals surface area contributed by atoms with Crippen LogP contribution in [0.4, 0.5) is 5.95 Å². The Morgan fingerprint density at radius 3 is 2.75 bits per heavy atom. The first-order chi connectivity index (χ1) is 7.63. The molecule has 2 N–H and O–H groups in total. The Balaban J connectivity index is 2.49. The SMILES string of the molecule is C=CCNCC(=O)Nc1nnc(C)c(C)n1. The molecule has 1 amide bonds. The van der Waals surface area contributed by atoms with E-state index in [1.165, 1.54) is 0 Å². The fraction of sp³-hybridized carbons (Fsp3) is 0.400. The van der Waals surface area contributed by atoms with E-state index in [1.807, 2.05) is 13.8 Å². The molecule has 16 heavy (non-hydrogen) atoms. The zero-order valence-electron chi connectivity index (χ0n) is 9.45. The van der Waals surface area contributed by atoms with Crippen LogP contribution < -0.4 is 10.6 Å². The minimum Gasteiger partial charge on any atom is -0.305 e. The second-order valence-corrected chi connectivity index (χ2v) is 3.27. The first-order valence-electron chi connectivity index (χ1n) is 4.93. The first kappa shape index (κ1) is 12.3. The lowest BCUT2D eigenvalue weighted by Crippen LogP contribution is -2.29. The van der Waals surface area contributed by atoms with Gasteiger partial charge >= 0.3 is 0 Å². The van der Waals surface area contributed by atoms with Crippen molar-refractivity contribution in [3.8, 4) is 0 Å². The molecule has 86 valence electrons. The number of anilines is 1. The van der Waals surface area contributed by atoms with Crippen molar-refractivity contribution in [2.75, 3.05) is 18.4 Å². The monoisotopic (exact) mass is 221 g/mol. The fourth-order valence-corrected chi connectivity index (χ4v) is 0.966. The van der Waals surface area contributed by atoms with Crippen LogP contribution in [0.3, 0.4) is 0 Å². The maximum absolute atomic E-state index is 11.4. The summed E-state index contributed by atoms with van der Waals surface area (Å²) in [5, 5.41) is 13.1. The summed E-state index contributed by atoms with van der Waals surface area (Å²) in [5.74, 6) is 0.0282. The van der Waals surface area contributed by atoms with E-state index in [1.54, 1.807) is 6.08 Å². The van der Waals surface area contributed by atoms with Gasteiger partial charge in [0, 0.05) is 6.54 Å². The molecule has 6 heteroatoms. The van der Waals surface area contributed by atoms with E-state index >= 15 is 0 Å². The molecular weight excluding hydrogens is 206 g/mol. The first-order valence-corrected chi connectivity index (χ1v) is 4.93. The smallest absolute Gasteiger partial charge is 0.249 e. The quantitative estimate of drug-likeness (QED) is 0.548. The molecule has 0 unspecified atom stereocenters. The van der Waals surface area contributed by atoms with Crippen molar-refractivity contribution >= 4 is 11.9 Å². The van der Waals surface area contributed by atoms with Gasteiger partial charge in [-0.1, -0.05) is 6.08 Å². The van der Waals surface area contributed by atoms with Crippen molar-refractivity contribution < 1.29 is 4.79 Å². The lowest BCUT2D eigenvalue weighted by Gasteiger charge is -2.04. The van der Waals surface area contributed by atoms with Crippen molar-refractivity contribution in [1.29, 1.82) is 0 Å². The molecular formula is C10H15N5O. The lowest BCUT2D eigenvalue weighted by atomic mass is 10.4. The molecule has 1 heterocycles. The van der Waals surface area contributed by atoms with E-state index in [-0.39, 0.29) is 18.4 Å². The maximum atomic E-state index is 11.4. The van der Waals surface area contributed by atoms with Gasteiger partial charge in [0.25, 0.3) is 0 Å². The summed E-state index contributed by atoms with van der Waals surface area (Å²) >= 11 is 0. The van der Waals surface area contributed by atoms with E-state index in [0.717, 1.165) is 11.4 Å². The van der Waals surface area contributed by atoms with Crippen LogP contribution >= 0.6 is 0 Å². The third-order valence-electron chi connectivity index (χ3n) is 1.92. The molecule has 0 spiro atoms. The van der Waals surface area contributed by atoms with Crippen molar-refractivity contribution in [1.82, 2.24) is 20.5 Å². The minimum atomic E-state index is -0.202. The van der Waals surface area contributed by atoms with Crippen molar-refractivity contribution in [2.24, 2.45) is 0 Å². The molecule has 0 fully saturated rings. The highest BCUT2D eigenvalue weighted by atomic mass is 16.2. The Morgan fingerprint density at radius 2 is 2.12 bits per heavy atom. The minimum absolute atomic E-state index is 0.197. The third kappa shape index (κ3) is 3.74. The second-order valence-electron chi connectivity index (χ2n) is 3.27. The van der Waals surface area contributed by atoms with Crippen LogP contribution in [-0.4, -0.2) is 34.2 Å². The molecule has 1 aromatic heterocycles. The van der Waals surface area contributed by atoms with Crippen molar-refractivity contribution in [3.05, 3.63) is 24.0 Å². The van der Waals surface area contributed by atoms with Gasteiger partial charge in [-0.15, -0.1) is 11.7 Å². The maximum Gasteiger partial charge on any atom is 0.249 e. The third-order valence-corrected chi connectivity index (χ3v) is 1.92. The Kier molecular flexibility index (Phi) is 4.53. The Labute approximate surface area is 94.2 Å². The topological polar surface area (TPSA) is 79.8 Å². The summed E-state index contributed by atoms with van der Waals surface area (Å²) in [7, 11) is 0.